The molecule has 0 saturated carbocycles. The first-order valence-electron chi connectivity index (χ1n) is 4.21. The highest BCUT2D eigenvalue weighted by Crippen LogP contribution is 2.21. The van der Waals surface area contributed by atoms with E-state index in [4.69, 9.17) is 0 Å². The van der Waals surface area contributed by atoms with Crippen LogP contribution in [-0.2, 0) is 5.41 Å². The Kier molecular flexibility index (Phi) is 2.36. The van der Waals surface area contributed by atoms with Crippen LogP contribution in [-0.4, -0.2) is 14.8 Å². The highest BCUT2D eigenvalue weighted by atomic mass is 15.3. The molecule has 0 aromatic carbocycles. The summed E-state index contributed by atoms with van der Waals surface area (Å²) in [6.07, 6.45) is 3.38. The Balaban J connectivity index is 3.31. The molecule has 3 heteroatoms. The van der Waals surface area contributed by atoms with Crippen molar-refractivity contribution in [2.75, 3.05) is 0 Å². The van der Waals surface area contributed by atoms with Gasteiger partial charge in [0.2, 0.25) is 0 Å². The Hall–Kier alpha value is -1.38. The van der Waals surface area contributed by atoms with Crippen LogP contribution in [0.15, 0.2) is 13.2 Å². The van der Waals surface area contributed by atoms with Gasteiger partial charge in [-0.15, -0.1) is 10.2 Å². The minimum Gasteiger partial charge on any atom is -0.287 e. The van der Waals surface area contributed by atoms with Crippen molar-refractivity contribution in [1.82, 2.24) is 14.8 Å². The lowest BCUT2D eigenvalue weighted by atomic mass is 9.96. The summed E-state index contributed by atoms with van der Waals surface area (Å²) in [7, 11) is 0. The lowest BCUT2D eigenvalue weighted by molar-refractivity contribution is 0.537. The molecule has 70 valence electrons. The van der Waals surface area contributed by atoms with Gasteiger partial charge in [0.1, 0.15) is 5.82 Å². The molecular formula is C10H15N3. The summed E-state index contributed by atoms with van der Waals surface area (Å²) < 4.78 is 1.85. The van der Waals surface area contributed by atoms with Crippen molar-refractivity contribution in [2.45, 2.75) is 26.2 Å². The van der Waals surface area contributed by atoms with Crippen LogP contribution in [0, 0.1) is 0 Å². The van der Waals surface area contributed by atoms with Crippen LogP contribution >= 0.6 is 0 Å². The third-order valence-corrected chi connectivity index (χ3v) is 1.76. The number of rotatable bonds is 2. The SMILES string of the molecule is C=Cc1nnc(C(C)(C)C)n1C=C. The van der Waals surface area contributed by atoms with E-state index in [1.165, 1.54) is 0 Å². The molecule has 0 saturated heterocycles. The fourth-order valence-corrected chi connectivity index (χ4v) is 1.13. The topological polar surface area (TPSA) is 30.7 Å². The van der Waals surface area contributed by atoms with Crippen molar-refractivity contribution in [3.8, 4) is 0 Å². The van der Waals surface area contributed by atoms with E-state index >= 15 is 0 Å². The van der Waals surface area contributed by atoms with Crippen molar-refractivity contribution < 1.29 is 0 Å². The molecule has 0 aliphatic carbocycles. The monoisotopic (exact) mass is 177 g/mol. The Morgan fingerprint density at radius 1 is 1.23 bits per heavy atom. The van der Waals surface area contributed by atoms with E-state index < -0.39 is 0 Å². The highest BCUT2D eigenvalue weighted by molar-refractivity contribution is 5.42. The molecule has 0 fully saturated rings. The average Bonchev–Trinajstić information content (AvgIpc) is 2.45. The lowest BCUT2D eigenvalue weighted by Crippen LogP contribution is -2.17. The number of nitrogens with zero attached hydrogens (tertiary/aromatic N) is 3. The molecule has 1 aromatic rings. The summed E-state index contributed by atoms with van der Waals surface area (Å²) in [6.45, 7) is 13.6. The Morgan fingerprint density at radius 2 is 1.85 bits per heavy atom. The van der Waals surface area contributed by atoms with Gasteiger partial charge >= 0.3 is 0 Å². The molecule has 3 nitrogen and oxygen atoms in total. The van der Waals surface area contributed by atoms with Gasteiger partial charge in [-0.3, -0.25) is 4.57 Å². The van der Waals surface area contributed by atoms with Gasteiger partial charge in [0, 0.05) is 11.6 Å². The Bertz CT molecular complexity index is 328. The maximum Gasteiger partial charge on any atom is 0.160 e. The first kappa shape index (κ1) is 9.71. The van der Waals surface area contributed by atoms with Gasteiger partial charge in [-0.2, -0.15) is 0 Å². The van der Waals surface area contributed by atoms with Crippen LogP contribution in [0.4, 0.5) is 0 Å². The predicted octanol–water partition coefficient (Wildman–Crippen LogP) is 2.32. The van der Waals surface area contributed by atoms with Crippen LogP contribution in [0.3, 0.4) is 0 Å². The van der Waals surface area contributed by atoms with Crippen LogP contribution in [0.25, 0.3) is 12.3 Å². The predicted molar refractivity (Wildman–Crippen MR) is 55.2 cm³/mol. The van der Waals surface area contributed by atoms with Crippen molar-refractivity contribution in [3.05, 3.63) is 24.8 Å². The lowest BCUT2D eigenvalue weighted by Gasteiger charge is -2.16. The summed E-state index contributed by atoms with van der Waals surface area (Å²) >= 11 is 0. The van der Waals surface area contributed by atoms with Crippen LogP contribution in [0.5, 0.6) is 0 Å². The molecule has 0 radical (unpaired) electrons. The van der Waals surface area contributed by atoms with E-state index in [-0.39, 0.29) is 5.41 Å². The molecule has 0 N–H and O–H groups in total. The van der Waals surface area contributed by atoms with Crippen molar-refractivity contribution in [2.24, 2.45) is 0 Å². The van der Waals surface area contributed by atoms with E-state index in [0.29, 0.717) is 0 Å². The van der Waals surface area contributed by atoms with Gasteiger partial charge < -0.3 is 0 Å². The van der Waals surface area contributed by atoms with E-state index in [9.17, 15) is 0 Å². The summed E-state index contributed by atoms with van der Waals surface area (Å²) in [4.78, 5) is 0. The van der Waals surface area contributed by atoms with E-state index in [1.807, 2.05) is 4.57 Å². The van der Waals surface area contributed by atoms with Gasteiger partial charge in [0.25, 0.3) is 0 Å². The van der Waals surface area contributed by atoms with Gasteiger partial charge in [-0.1, -0.05) is 33.9 Å². The maximum atomic E-state index is 4.10. The van der Waals surface area contributed by atoms with E-state index in [2.05, 4.69) is 44.1 Å². The van der Waals surface area contributed by atoms with Gasteiger partial charge in [0.15, 0.2) is 5.82 Å². The second-order valence-electron chi connectivity index (χ2n) is 3.89. The summed E-state index contributed by atoms with van der Waals surface area (Å²) in [5.74, 6) is 1.64. The minimum atomic E-state index is -0.0253. The fourth-order valence-electron chi connectivity index (χ4n) is 1.13. The quantitative estimate of drug-likeness (QED) is 0.694. The molecule has 1 heterocycles. The van der Waals surface area contributed by atoms with Crippen molar-refractivity contribution in [3.63, 3.8) is 0 Å². The number of hydrogen-bond acceptors (Lipinski definition) is 2. The normalized spacial score (nSPS) is 11.3. The standard InChI is InChI=1S/C10H15N3/c1-6-8-11-12-9(10(3,4)5)13(8)7-2/h6-7H,1-2H2,3-5H3. The average molecular weight is 177 g/mol. The molecule has 0 bridgehead atoms. The van der Waals surface area contributed by atoms with Crippen LogP contribution in [0.2, 0.25) is 0 Å². The van der Waals surface area contributed by atoms with Gasteiger partial charge in [-0.25, -0.2) is 0 Å². The summed E-state index contributed by atoms with van der Waals surface area (Å²) in [5.41, 5.74) is -0.0253. The molecule has 0 spiro atoms. The smallest absolute Gasteiger partial charge is 0.160 e. The number of hydrogen-bond donors (Lipinski definition) is 0. The highest BCUT2D eigenvalue weighted by Gasteiger charge is 2.21. The van der Waals surface area contributed by atoms with E-state index in [0.717, 1.165) is 11.6 Å². The Labute approximate surface area is 78.8 Å². The second-order valence-corrected chi connectivity index (χ2v) is 3.89. The van der Waals surface area contributed by atoms with Gasteiger partial charge in [-0.05, 0) is 6.08 Å². The first-order valence-corrected chi connectivity index (χ1v) is 4.21. The minimum absolute atomic E-state index is 0.0253. The molecule has 0 amide bonds. The molecule has 1 rings (SSSR count). The Morgan fingerprint density at radius 3 is 2.23 bits per heavy atom. The molecule has 1 aromatic heterocycles. The zero-order chi connectivity index (χ0) is 10.1. The van der Waals surface area contributed by atoms with E-state index in [1.54, 1.807) is 12.3 Å². The molecular weight excluding hydrogens is 162 g/mol. The molecule has 0 atom stereocenters. The van der Waals surface area contributed by atoms with Crippen LogP contribution < -0.4 is 0 Å². The van der Waals surface area contributed by atoms with Crippen molar-refractivity contribution in [1.29, 1.82) is 0 Å². The first-order chi connectivity index (χ1) is 6.00. The molecule has 13 heavy (non-hydrogen) atoms. The third kappa shape index (κ3) is 1.69. The summed E-state index contributed by atoms with van der Waals surface area (Å²) in [6, 6.07) is 0. The molecule has 0 unspecified atom stereocenters. The summed E-state index contributed by atoms with van der Waals surface area (Å²) in [5, 5.41) is 8.10. The maximum absolute atomic E-state index is 4.10. The van der Waals surface area contributed by atoms with Crippen molar-refractivity contribution >= 4 is 12.3 Å². The largest absolute Gasteiger partial charge is 0.287 e. The molecule has 0 aliphatic rings. The zero-order valence-corrected chi connectivity index (χ0v) is 8.41. The second kappa shape index (κ2) is 3.17. The van der Waals surface area contributed by atoms with Crippen LogP contribution in [0.1, 0.15) is 32.4 Å². The number of aromatic nitrogens is 3. The third-order valence-electron chi connectivity index (χ3n) is 1.76. The molecule has 0 aliphatic heterocycles. The zero-order valence-electron chi connectivity index (χ0n) is 8.41. The van der Waals surface area contributed by atoms with Gasteiger partial charge in [0.05, 0.1) is 0 Å². The fraction of sp³-hybridized carbons (Fsp3) is 0.400.